The van der Waals surface area contributed by atoms with Crippen molar-refractivity contribution in [3.63, 3.8) is 0 Å². The Morgan fingerprint density at radius 2 is 1.75 bits per heavy atom. The van der Waals surface area contributed by atoms with Crippen molar-refractivity contribution < 1.29 is 24.2 Å². The first kappa shape index (κ1) is 19.9. The summed E-state index contributed by atoms with van der Waals surface area (Å²) in [6.45, 7) is 0.678. The third-order valence-corrected chi connectivity index (χ3v) is 5.09. The van der Waals surface area contributed by atoms with Gasteiger partial charge in [0.2, 0.25) is 6.10 Å². The number of methoxy groups -OCH3 is 1. The van der Waals surface area contributed by atoms with Crippen molar-refractivity contribution in [2.45, 2.75) is 18.9 Å². The van der Waals surface area contributed by atoms with Gasteiger partial charge in [-0.1, -0.05) is 48.5 Å². The molecular formula is C22H25NO5. The molecule has 6 heteroatoms. The van der Waals surface area contributed by atoms with Gasteiger partial charge in [-0.3, -0.25) is 9.59 Å². The van der Waals surface area contributed by atoms with Gasteiger partial charge in [0.05, 0.1) is 6.61 Å². The van der Waals surface area contributed by atoms with Crippen molar-refractivity contribution in [1.29, 1.82) is 0 Å². The fourth-order valence-electron chi connectivity index (χ4n) is 3.64. The van der Waals surface area contributed by atoms with Crippen LogP contribution in [-0.4, -0.2) is 48.7 Å². The van der Waals surface area contributed by atoms with Gasteiger partial charge in [-0.05, 0) is 25.0 Å². The molecule has 1 saturated heterocycles. The van der Waals surface area contributed by atoms with E-state index in [9.17, 15) is 14.7 Å². The first-order chi connectivity index (χ1) is 13.6. The van der Waals surface area contributed by atoms with Crippen molar-refractivity contribution in [2.24, 2.45) is 5.41 Å². The van der Waals surface area contributed by atoms with Crippen LogP contribution in [0.3, 0.4) is 0 Å². The normalized spacial score (nSPS) is 20.4. The van der Waals surface area contributed by atoms with Gasteiger partial charge < -0.3 is 19.5 Å². The molecule has 2 atom stereocenters. The topological polar surface area (TPSA) is 76.1 Å². The minimum absolute atomic E-state index is 0.0711. The van der Waals surface area contributed by atoms with Crippen LogP contribution in [0.1, 0.15) is 24.5 Å². The summed E-state index contributed by atoms with van der Waals surface area (Å²) in [4.78, 5) is 26.9. The summed E-state index contributed by atoms with van der Waals surface area (Å²) >= 11 is 0. The monoisotopic (exact) mass is 383 g/mol. The quantitative estimate of drug-likeness (QED) is 0.795. The Kier molecular flexibility index (Phi) is 6.31. The fourth-order valence-corrected chi connectivity index (χ4v) is 3.64. The van der Waals surface area contributed by atoms with Crippen LogP contribution in [0.15, 0.2) is 60.7 Å². The summed E-state index contributed by atoms with van der Waals surface area (Å²) in [5.41, 5.74) is -0.356. The Balaban J connectivity index is 1.87. The van der Waals surface area contributed by atoms with E-state index in [2.05, 4.69) is 0 Å². The van der Waals surface area contributed by atoms with Gasteiger partial charge in [0.15, 0.2) is 0 Å². The van der Waals surface area contributed by atoms with Gasteiger partial charge in [0.25, 0.3) is 5.91 Å². The average molecular weight is 383 g/mol. The van der Waals surface area contributed by atoms with Gasteiger partial charge in [0.1, 0.15) is 11.2 Å². The van der Waals surface area contributed by atoms with Crippen molar-refractivity contribution in [1.82, 2.24) is 4.90 Å². The average Bonchev–Trinajstić information content (AvgIpc) is 2.73. The maximum Gasteiger partial charge on any atom is 0.313 e. The number of carboxylic acid groups (broad SMARTS) is 1. The fraction of sp³-hybridized carbons (Fsp3) is 0.364. The number of carbonyl (C=O) groups is 2. The van der Waals surface area contributed by atoms with Crippen LogP contribution in [-0.2, 0) is 14.3 Å². The summed E-state index contributed by atoms with van der Waals surface area (Å²) in [6.07, 6.45) is 0.250. The first-order valence-electron chi connectivity index (χ1n) is 9.33. The standard InChI is InChI=1S/C22H25NO5/c1-27-16-22(21(25)26)13-8-14-23(15-22)20(24)19(17-9-4-2-5-10-17)28-18-11-6-3-7-12-18/h2-7,9-12,19H,8,13-16H2,1H3,(H,25,26). The number of piperidine rings is 1. The lowest BCUT2D eigenvalue weighted by atomic mass is 9.80. The molecule has 148 valence electrons. The van der Waals surface area contributed by atoms with E-state index in [1.807, 2.05) is 48.5 Å². The molecule has 1 heterocycles. The molecule has 2 aromatic rings. The summed E-state index contributed by atoms with van der Waals surface area (Å²) < 4.78 is 11.2. The highest BCUT2D eigenvalue weighted by molar-refractivity contribution is 5.84. The van der Waals surface area contributed by atoms with E-state index in [4.69, 9.17) is 9.47 Å². The number of para-hydroxylation sites is 1. The van der Waals surface area contributed by atoms with E-state index in [0.717, 1.165) is 5.56 Å². The molecule has 1 fully saturated rings. The van der Waals surface area contributed by atoms with Gasteiger partial charge in [-0.2, -0.15) is 0 Å². The number of aliphatic carboxylic acids is 1. The number of hydrogen-bond acceptors (Lipinski definition) is 4. The van der Waals surface area contributed by atoms with E-state index < -0.39 is 17.5 Å². The molecule has 0 spiro atoms. The molecule has 1 aliphatic heterocycles. The number of amides is 1. The van der Waals surface area contributed by atoms with Crippen molar-refractivity contribution in [2.75, 3.05) is 26.8 Å². The van der Waals surface area contributed by atoms with Gasteiger partial charge in [-0.15, -0.1) is 0 Å². The van der Waals surface area contributed by atoms with Gasteiger partial charge >= 0.3 is 5.97 Å². The first-order valence-corrected chi connectivity index (χ1v) is 9.33. The Bertz CT molecular complexity index is 791. The van der Waals surface area contributed by atoms with Crippen LogP contribution in [0.2, 0.25) is 0 Å². The highest BCUT2D eigenvalue weighted by Crippen LogP contribution is 2.33. The zero-order chi connectivity index (χ0) is 20.0. The van der Waals surface area contributed by atoms with Crippen LogP contribution in [0.4, 0.5) is 0 Å². The number of rotatable bonds is 7. The molecule has 0 saturated carbocycles. The summed E-state index contributed by atoms with van der Waals surface area (Å²) in [7, 11) is 1.48. The summed E-state index contributed by atoms with van der Waals surface area (Å²) in [5.74, 6) is -0.591. The highest BCUT2D eigenvalue weighted by atomic mass is 16.5. The molecule has 0 aliphatic carbocycles. The van der Waals surface area contributed by atoms with E-state index in [1.54, 1.807) is 17.0 Å². The Morgan fingerprint density at radius 3 is 2.36 bits per heavy atom. The molecule has 0 radical (unpaired) electrons. The van der Waals surface area contributed by atoms with Crippen molar-refractivity contribution in [3.05, 3.63) is 66.2 Å². The van der Waals surface area contributed by atoms with Crippen LogP contribution in [0, 0.1) is 5.41 Å². The van der Waals surface area contributed by atoms with Gasteiger partial charge in [0, 0.05) is 25.8 Å². The molecule has 1 N–H and O–H groups in total. The number of likely N-dealkylation sites (tertiary alicyclic amines) is 1. The SMILES string of the molecule is COCC1(C(=O)O)CCCN(C(=O)C(Oc2ccccc2)c2ccccc2)C1. The van der Waals surface area contributed by atoms with E-state index in [1.165, 1.54) is 7.11 Å². The third-order valence-electron chi connectivity index (χ3n) is 5.09. The van der Waals surface area contributed by atoms with Crippen LogP contribution in [0.5, 0.6) is 5.75 Å². The highest BCUT2D eigenvalue weighted by Gasteiger charge is 2.45. The smallest absolute Gasteiger partial charge is 0.313 e. The van der Waals surface area contributed by atoms with Crippen molar-refractivity contribution >= 4 is 11.9 Å². The number of benzene rings is 2. The lowest BCUT2D eigenvalue weighted by Crippen LogP contribution is -2.53. The van der Waals surface area contributed by atoms with Crippen molar-refractivity contribution in [3.8, 4) is 5.75 Å². The second-order valence-electron chi connectivity index (χ2n) is 7.10. The molecule has 28 heavy (non-hydrogen) atoms. The number of ether oxygens (including phenoxy) is 2. The lowest BCUT2D eigenvalue weighted by molar-refractivity contribution is -0.160. The van der Waals surface area contributed by atoms with Crippen LogP contribution in [0.25, 0.3) is 0 Å². The summed E-state index contributed by atoms with van der Waals surface area (Å²) in [6, 6.07) is 18.4. The van der Waals surface area contributed by atoms with E-state index in [-0.39, 0.29) is 19.1 Å². The number of hydrogen-bond donors (Lipinski definition) is 1. The molecule has 2 unspecified atom stereocenters. The summed E-state index contributed by atoms with van der Waals surface area (Å²) in [5, 5.41) is 9.76. The Morgan fingerprint density at radius 1 is 1.11 bits per heavy atom. The number of nitrogens with zero attached hydrogens (tertiary/aromatic N) is 1. The predicted molar refractivity (Wildman–Crippen MR) is 104 cm³/mol. The van der Waals surface area contributed by atoms with Crippen LogP contribution < -0.4 is 4.74 Å². The van der Waals surface area contributed by atoms with E-state index in [0.29, 0.717) is 25.1 Å². The predicted octanol–water partition coefficient (Wildman–Crippen LogP) is 3.15. The second-order valence-corrected chi connectivity index (χ2v) is 7.10. The number of carboxylic acids is 1. The lowest BCUT2D eigenvalue weighted by Gasteiger charge is -2.40. The van der Waals surface area contributed by atoms with Gasteiger partial charge in [-0.25, -0.2) is 0 Å². The molecule has 1 aliphatic rings. The zero-order valence-electron chi connectivity index (χ0n) is 15.9. The van der Waals surface area contributed by atoms with E-state index >= 15 is 0 Å². The van der Waals surface area contributed by atoms with Crippen LogP contribution >= 0.6 is 0 Å². The number of carbonyl (C=O) groups excluding carboxylic acids is 1. The Labute approximate surface area is 164 Å². The zero-order valence-corrected chi connectivity index (χ0v) is 15.9. The minimum Gasteiger partial charge on any atom is -0.481 e. The maximum atomic E-state index is 13.4. The molecular weight excluding hydrogens is 358 g/mol. The molecule has 6 nitrogen and oxygen atoms in total. The Hall–Kier alpha value is -2.86. The third kappa shape index (κ3) is 4.34. The minimum atomic E-state index is -1.09. The molecule has 0 aromatic heterocycles. The molecule has 1 amide bonds. The molecule has 3 rings (SSSR count). The second kappa shape index (κ2) is 8.89. The molecule has 0 bridgehead atoms. The maximum absolute atomic E-state index is 13.4. The molecule has 2 aromatic carbocycles. The largest absolute Gasteiger partial charge is 0.481 e.